The molecule has 1 aliphatic rings. The Balaban J connectivity index is 1.22. The Kier molecular flexibility index (Phi) is 25.9. The first-order valence-electron chi connectivity index (χ1n) is 23.7. The van der Waals surface area contributed by atoms with Gasteiger partial charge in [0, 0.05) is 41.8 Å². The maximum atomic E-state index is 13.8. The molecule has 0 bridgehead atoms. The lowest BCUT2D eigenvalue weighted by Gasteiger charge is -2.22. The third-order valence-corrected chi connectivity index (χ3v) is 19.0. The molecule has 2 aromatic carbocycles. The molecule has 0 aliphatic carbocycles. The molecule has 2 amide bonds. The number of carbonyl (C=O) groups excluding carboxylic acids is 4. The van der Waals surface area contributed by atoms with Gasteiger partial charge in [-0.25, -0.2) is 23.3 Å². The Morgan fingerprint density at radius 3 is 2.30 bits per heavy atom. The molecule has 3 heterocycles. The number of fused-ring (bicyclic) bond motifs is 1. The number of unbranched alkanes of at least 4 members (excludes halogenated alkanes) is 1. The van der Waals surface area contributed by atoms with E-state index in [0.717, 1.165) is 0 Å². The minimum Gasteiger partial charge on any atom is -0.462 e. The highest BCUT2D eigenvalue weighted by Gasteiger charge is 2.45. The van der Waals surface area contributed by atoms with Gasteiger partial charge in [-0.1, -0.05) is 73.2 Å². The summed E-state index contributed by atoms with van der Waals surface area (Å²) in [4.78, 5) is 110. The normalized spacial score (nSPS) is 17.7. The molecule has 4 unspecified atom stereocenters. The molecule has 1 saturated heterocycles. The van der Waals surface area contributed by atoms with Crippen LogP contribution in [0.25, 0.3) is 11.0 Å². The molecule has 34 heteroatoms. The van der Waals surface area contributed by atoms with Crippen LogP contribution in [-0.2, 0) is 60.1 Å². The van der Waals surface area contributed by atoms with Crippen LogP contribution in [0.15, 0.2) is 53.5 Å². The van der Waals surface area contributed by atoms with Gasteiger partial charge in [-0.15, -0.1) is 0 Å². The molecule has 434 valence electrons. The maximum absolute atomic E-state index is 13.8. The highest BCUT2D eigenvalue weighted by molar-refractivity contribution is 8.76. The lowest BCUT2D eigenvalue weighted by atomic mass is 10.0. The molecule has 2 aromatic heterocycles. The number of nitrogens with one attached hydrogen (secondary N) is 3. The largest absolute Gasteiger partial charge is 0.490 e. The van der Waals surface area contributed by atoms with Crippen LogP contribution in [0.4, 0.5) is 11.6 Å². The number of aromatic nitrogens is 3. The average molecular weight is 1240 g/mol. The van der Waals surface area contributed by atoms with Gasteiger partial charge in [0.1, 0.15) is 25.0 Å². The van der Waals surface area contributed by atoms with Crippen molar-refractivity contribution in [2.75, 3.05) is 76.3 Å². The van der Waals surface area contributed by atoms with Crippen molar-refractivity contribution in [2.24, 2.45) is 5.73 Å². The summed E-state index contributed by atoms with van der Waals surface area (Å²) in [6.45, 7) is 3.76. The summed E-state index contributed by atoms with van der Waals surface area (Å²) < 4.78 is 78.1. The molecule has 0 radical (unpaired) electrons. The Hall–Kier alpha value is -4.25. The van der Waals surface area contributed by atoms with Crippen molar-refractivity contribution in [1.29, 1.82) is 0 Å². The number of hydrogen-bond acceptors (Lipinski definition) is 23. The number of H-pyrrole nitrogens is 1. The first kappa shape index (κ1) is 65.6. The van der Waals surface area contributed by atoms with Crippen LogP contribution in [0.2, 0.25) is 0 Å². The fourth-order valence-corrected chi connectivity index (χ4v) is 14.1. The number of ether oxygens (including phenoxy) is 5. The molecule has 0 spiro atoms. The fourth-order valence-electron chi connectivity index (χ4n) is 7.56. The zero-order chi connectivity index (χ0) is 57.9. The Morgan fingerprint density at radius 2 is 1.59 bits per heavy atom. The topological polar surface area (TPSA) is 401 Å². The van der Waals surface area contributed by atoms with Crippen LogP contribution in [0.1, 0.15) is 93.7 Å². The summed E-state index contributed by atoms with van der Waals surface area (Å²) in [5, 5.41) is 5.07. The zero-order valence-corrected chi connectivity index (χ0v) is 48.8. The number of esters is 2. The molecule has 0 saturated carbocycles. The van der Waals surface area contributed by atoms with E-state index in [1.165, 1.54) is 60.0 Å². The SMILES string of the molecule is CSSC(C)c1cc(NC(=O)COCCOCCN)ccc1C(=O)OCCCCC(=O)NCC#Cc1cn([C@H]2C[C@@H](OC(=O)c3ccccc3C(C)SSC)[C@@H](COP(=O)(O)OP(=O)(O)OP(=O)(O)O)O2)c2nc(N)[nH]c(=O)c12. The molecule has 7 atom stereocenters. The van der Waals surface area contributed by atoms with Gasteiger partial charge in [0.25, 0.3) is 5.56 Å². The third-order valence-electron chi connectivity index (χ3n) is 10.9. The molecule has 11 N–H and O–H groups in total. The molecule has 1 aliphatic heterocycles. The van der Waals surface area contributed by atoms with Gasteiger partial charge in [0.2, 0.25) is 17.8 Å². The van der Waals surface area contributed by atoms with Crippen molar-refractivity contribution in [3.05, 3.63) is 86.8 Å². The standard InChI is InChI=1S/C45H60N7O20P3S4/c1-27(78-76-3)31-11-5-6-12-32(31)44(57)70-35-23-39(69-36(35)25-68-74(61,62)72-75(63,64)71-73(58,59)60)52-24-29(40-41(52)50-45(47)51-42(40)55)10-9-17-48-37(53)13-7-8-18-67-43(56)33-15-14-30(22-34(33)28(2)79-77-4)49-38(54)26-66-21-20-65-19-16-46/h5-6,11-12,14-15,22,24,27-28,35-36,39H,7-8,13,16-21,23,25-26,46H2,1-4H3,(H,48,53)(H,49,54)(H,61,62)(H,63,64)(H2,58,59,60)(H3,47,50,51,55)/t27?,28?,35-,36-,39-/m1/s1. The zero-order valence-electron chi connectivity index (χ0n) is 42.8. The summed E-state index contributed by atoms with van der Waals surface area (Å²) in [7, 11) is -11.3. The molecular weight excluding hydrogens is 1180 g/mol. The molecule has 4 aromatic rings. The van der Waals surface area contributed by atoms with Crippen molar-refractivity contribution >= 4 is 113 Å². The third kappa shape index (κ3) is 20.9. The monoisotopic (exact) mass is 1240 g/mol. The van der Waals surface area contributed by atoms with E-state index in [-0.39, 0.29) is 89.6 Å². The first-order chi connectivity index (χ1) is 37.4. The lowest BCUT2D eigenvalue weighted by molar-refractivity contribution is -0.121. The summed E-state index contributed by atoms with van der Waals surface area (Å²) in [6.07, 6.45) is 1.70. The minimum atomic E-state index is -5.89. The van der Waals surface area contributed by atoms with Crippen molar-refractivity contribution < 1.29 is 89.3 Å². The van der Waals surface area contributed by atoms with E-state index in [1.54, 1.807) is 36.4 Å². The molecule has 27 nitrogen and oxygen atoms in total. The number of phosphoric acid groups is 3. The second-order valence-corrected chi connectivity index (χ2v) is 26.7. The first-order valence-corrected chi connectivity index (χ1v) is 33.5. The summed E-state index contributed by atoms with van der Waals surface area (Å²) in [6, 6.07) is 11.5. The summed E-state index contributed by atoms with van der Waals surface area (Å²) in [5.74, 6) is 3.17. The number of phosphoric ester groups is 1. The number of anilines is 2. The predicted molar refractivity (Wildman–Crippen MR) is 298 cm³/mol. The van der Waals surface area contributed by atoms with E-state index < -0.39 is 66.0 Å². The second kappa shape index (κ2) is 31.3. The number of nitrogens with two attached hydrogens (primary N) is 2. The molecule has 1 fully saturated rings. The van der Waals surface area contributed by atoms with Gasteiger partial charge in [-0.05, 0) is 74.6 Å². The van der Waals surface area contributed by atoms with Gasteiger partial charge in [-0.2, -0.15) is 13.6 Å². The van der Waals surface area contributed by atoms with Crippen LogP contribution in [0.3, 0.4) is 0 Å². The highest BCUT2D eigenvalue weighted by Crippen LogP contribution is 2.66. The van der Waals surface area contributed by atoms with Gasteiger partial charge >= 0.3 is 35.4 Å². The van der Waals surface area contributed by atoms with Crippen molar-refractivity contribution in [3.8, 4) is 11.8 Å². The maximum Gasteiger partial charge on any atom is 0.490 e. The van der Waals surface area contributed by atoms with E-state index in [2.05, 4.69) is 41.1 Å². The quantitative estimate of drug-likeness (QED) is 0.00954. The van der Waals surface area contributed by atoms with Gasteiger partial charge in [-0.3, -0.25) is 23.9 Å². The van der Waals surface area contributed by atoms with E-state index in [1.807, 2.05) is 26.4 Å². The lowest BCUT2D eigenvalue weighted by Crippen LogP contribution is -2.31. The number of benzene rings is 2. The minimum absolute atomic E-state index is 0.0185. The number of amides is 2. The van der Waals surface area contributed by atoms with E-state index >= 15 is 0 Å². The number of aromatic amines is 1. The fraction of sp³-hybridized carbons (Fsp3) is 0.467. The predicted octanol–water partition coefficient (Wildman–Crippen LogP) is 5.73. The van der Waals surface area contributed by atoms with Crippen LogP contribution >= 0.6 is 66.6 Å². The smallest absolute Gasteiger partial charge is 0.462 e. The number of hydrogen-bond donors (Lipinski definition) is 9. The van der Waals surface area contributed by atoms with Gasteiger partial charge in [0.05, 0.1) is 61.7 Å². The number of nitrogens with zero attached hydrogens (tertiary/aromatic N) is 2. The Bertz CT molecular complexity index is 3050. The highest BCUT2D eigenvalue weighted by atomic mass is 33.1. The summed E-state index contributed by atoms with van der Waals surface area (Å²) >= 11 is 0. The number of nitrogen functional groups attached to an aromatic ring is 1. The van der Waals surface area contributed by atoms with Crippen LogP contribution in [-0.4, -0.2) is 135 Å². The number of rotatable bonds is 31. The van der Waals surface area contributed by atoms with Gasteiger partial charge in [0.15, 0.2) is 5.65 Å². The van der Waals surface area contributed by atoms with Crippen LogP contribution in [0, 0.1) is 11.8 Å². The molecule has 5 rings (SSSR count). The Labute approximate surface area is 469 Å². The van der Waals surface area contributed by atoms with Crippen LogP contribution < -0.4 is 27.7 Å². The van der Waals surface area contributed by atoms with Crippen LogP contribution in [0.5, 0.6) is 0 Å². The molecular formula is C45H60N7O20P3S4. The summed E-state index contributed by atoms with van der Waals surface area (Å²) in [5.41, 5.74) is 12.9. The van der Waals surface area contributed by atoms with Crippen molar-refractivity contribution in [2.45, 2.75) is 68.5 Å². The van der Waals surface area contributed by atoms with E-state index in [4.69, 9.17) is 49.5 Å². The Morgan fingerprint density at radius 1 is 0.899 bits per heavy atom. The van der Waals surface area contributed by atoms with E-state index in [0.29, 0.717) is 55.0 Å². The van der Waals surface area contributed by atoms with E-state index in [9.17, 15) is 47.5 Å². The van der Waals surface area contributed by atoms with Gasteiger partial charge < -0.3 is 69.9 Å². The van der Waals surface area contributed by atoms with Crippen molar-refractivity contribution in [1.82, 2.24) is 19.9 Å². The molecule has 79 heavy (non-hydrogen) atoms. The van der Waals surface area contributed by atoms with Crippen molar-refractivity contribution in [3.63, 3.8) is 0 Å². The second-order valence-electron chi connectivity index (χ2n) is 16.7. The number of carbonyl (C=O) groups is 4. The average Bonchev–Trinajstić information content (AvgIpc) is 4.20.